The highest BCUT2D eigenvalue weighted by Crippen LogP contribution is 2.23. The molecule has 1 aromatic carbocycles. The summed E-state index contributed by atoms with van der Waals surface area (Å²) in [6.07, 6.45) is 6.84. The Kier molecular flexibility index (Phi) is 4.98. The number of amides is 1. The molecule has 0 radical (unpaired) electrons. The zero-order chi connectivity index (χ0) is 15.9. The van der Waals surface area contributed by atoms with Crippen molar-refractivity contribution in [3.8, 4) is 0 Å². The van der Waals surface area contributed by atoms with Crippen LogP contribution in [0.2, 0.25) is 0 Å². The average molecular weight is 297 g/mol. The topological polar surface area (TPSA) is 85.1 Å². The van der Waals surface area contributed by atoms with E-state index in [-0.39, 0.29) is 11.6 Å². The van der Waals surface area contributed by atoms with Crippen molar-refractivity contribution in [2.45, 2.75) is 13.3 Å². The van der Waals surface area contributed by atoms with Crippen LogP contribution in [0.3, 0.4) is 0 Å². The summed E-state index contributed by atoms with van der Waals surface area (Å²) in [5, 5.41) is 13.6. The predicted molar refractivity (Wildman–Crippen MR) is 84.4 cm³/mol. The minimum Gasteiger partial charge on any atom is -0.322 e. The highest BCUT2D eigenvalue weighted by Gasteiger charge is 2.13. The zero-order valence-corrected chi connectivity index (χ0v) is 12.0. The summed E-state index contributed by atoms with van der Waals surface area (Å²) < 4.78 is 0. The second-order valence-corrected chi connectivity index (χ2v) is 4.56. The Bertz CT molecular complexity index is 712. The molecular formula is C16H15N3O3. The average Bonchev–Trinajstić information content (AvgIpc) is 2.54. The van der Waals surface area contributed by atoms with E-state index in [1.54, 1.807) is 42.7 Å². The number of pyridine rings is 1. The number of nitrogens with one attached hydrogen (secondary N) is 1. The van der Waals surface area contributed by atoms with Crippen molar-refractivity contribution < 1.29 is 9.72 Å². The summed E-state index contributed by atoms with van der Waals surface area (Å²) in [6.45, 7) is 1.85. The van der Waals surface area contributed by atoms with E-state index in [1.807, 2.05) is 6.92 Å². The van der Waals surface area contributed by atoms with Gasteiger partial charge in [-0.05, 0) is 36.3 Å². The molecule has 0 aliphatic heterocycles. The molecule has 0 unspecified atom stereocenters. The molecule has 0 atom stereocenters. The van der Waals surface area contributed by atoms with E-state index in [4.69, 9.17) is 0 Å². The zero-order valence-electron chi connectivity index (χ0n) is 12.0. The van der Waals surface area contributed by atoms with Gasteiger partial charge >= 0.3 is 0 Å². The van der Waals surface area contributed by atoms with Crippen molar-refractivity contribution in [3.05, 3.63) is 70.0 Å². The molecule has 1 amide bonds. The van der Waals surface area contributed by atoms with E-state index in [9.17, 15) is 14.9 Å². The molecule has 2 aromatic rings. The normalized spacial score (nSPS) is 10.6. The van der Waals surface area contributed by atoms with Crippen molar-refractivity contribution in [2.75, 3.05) is 5.32 Å². The van der Waals surface area contributed by atoms with Gasteiger partial charge in [-0.25, -0.2) is 0 Å². The van der Waals surface area contributed by atoms with Gasteiger partial charge in [-0.1, -0.05) is 13.0 Å². The number of carbonyl (C=O) groups excluding carboxylic acids is 1. The summed E-state index contributed by atoms with van der Waals surface area (Å²) in [5.74, 6) is -0.352. The third-order valence-corrected chi connectivity index (χ3v) is 3.06. The van der Waals surface area contributed by atoms with Gasteiger partial charge < -0.3 is 5.32 Å². The fraction of sp³-hybridized carbons (Fsp3) is 0.125. The first-order valence-electron chi connectivity index (χ1n) is 6.76. The fourth-order valence-electron chi connectivity index (χ4n) is 1.94. The minimum atomic E-state index is -0.443. The lowest BCUT2D eigenvalue weighted by atomic mass is 10.1. The largest absolute Gasteiger partial charge is 0.322 e. The van der Waals surface area contributed by atoms with E-state index in [2.05, 4.69) is 10.3 Å². The van der Waals surface area contributed by atoms with Gasteiger partial charge in [0.2, 0.25) is 5.91 Å². The van der Waals surface area contributed by atoms with Gasteiger partial charge in [0.15, 0.2) is 0 Å². The molecule has 112 valence electrons. The Morgan fingerprint density at radius 2 is 2.05 bits per heavy atom. The first kappa shape index (κ1) is 15.4. The Balaban J connectivity index is 2.10. The van der Waals surface area contributed by atoms with Crippen LogP contribution in [0.1, 0.15) is 18.1 Å². The summed E-state index contributed by atoms with van der Waals surface area (Å²) in [6, 6.07) is 8.22. The molecule has 0 spiro atoms. The molecule has 2 rings (SSSR count). The van der Waals surface area contributed by atoms with Crippen molar-refractivity contribution in [2.24, 2.45) is 0 Å². The molecule has 0 aliphatic rings. The highest BCUT2D eigenvalue weighted by atomic mass is 16.6. The molecule has 0 saturated heterocycles. The van der Waals surface area contributed by atoms with Crippen LogP contribution in [0.4, 0.5) is 11.4 Å². The molecule has 0 aliphatic carbocycles. The Morgan fingerprint density at radius 3 is 2.68 bits per heavy atom. The van der Waals surface area contributed by atoms with Gasteiger partial charge in [0, 0.05) is 35.8 Å². The van der Waals surface area contributed by atoms with Crippen LogP contribution >= 0.6 is 0 Å². The predicted octanol–water partition coefficient (Wildman–Crippen LogP) is 3.20. The molecule has 0 fully saturated rings. The number of hydrogen-bond donors (Lipinski definition) is 1. The molecule has 6 heteroatoms. The number of aryl methyl sites for hydroxylation is 1. The lowest BCUT2D eigenvalue weighted by Gasteiger charge is -2.05. The minimum absolute atomic E-state index is 0.0124. The van der Waals surface area contributed by atoms with Crippen molar-refractivity contribution in [1.82, 2.24) is 4.98 Å². The first-order valence-corrected chi connectivity index (χ1v) is 6.76. The molecular weight excluding hydrogens is 282 g/mol. The SMILES string of the molecule is CCc1ccc(NC(=O)/C=C/c2ccncc2)cc1[N+](=O)[O-]. The monoisotopic (exact) mass is 297 g/mol. The maximum absolute atomic E-state index is 11.8. The lowest BCUT2D eigenvalue weighted by molar-refractivity contribution is -0.385. The number of nitro benzene ring substituents is 1. The summed E-state index contributed by atoms with van der Waals surface area (Å²) in [5.41, 5.74) is 1.89. The standard InChI is InChI=1S/C16H15N3O3/c1-2-13-4-5-14(11-15(13)19(21)22)18-16(20)6-3-12-7-9-17-10-8-12/h3-11H,2H2,1H3,(H,18,20)/b6-3+. The van der Waals surface area contributed by atoms with Gasteiger partial charge in [-0.3, -0.25) is 19.9 Å². The van der Waals surface area contributed by atoms with Gasteiger partial charge in [0.05, 0.1) is 4.92 Å². The van der Waals surface area contributed by atoms with E-state index in [0.717, 1.165) is 5.56 Å². The second kappa shape index (κ2) is 7.12. The maximum Gasteiger partial charge on any atom is 0.274 e. The number of hydrogen-bond acceptors (Lipinski definition) is 4. The van der Waals surface area contributed by atoms with Crippen LogP contribution in [0.5, 0.6) is 0 Å². The van der Waals surface area contributed by atoms with E-state index >= 15 is 0 Å². The summed E-state index contributed by atoms with van der Waals surface area (Å²) in [4.78, 5) is 26.3. The summed E-state index contributed by atoms with van der Waals surface area (Å²) in [7, 11) is 0. The molecule has 0 saturated carbocycles. The molecule has 0 bridgehead atoms. The van der Waals surface area contributed by atoms with Crippen molar-refractivity contribution >= 4 is 23.4 Å². The van der Waals surface area contributed by atoms with Gasteiger partial charge in [-0.15, -0.1) is 0 Å². The Hall–Kier alpha value is -3.02. The van der Waals surface area contributed by atoms with E-state index < -0.39 is 4.92 Å². The number of anilines is 1. The van der Waals surface area contributed by atoms with Crippen LogP contribution in [-0.4, -0.2) is 15.8 Å². The number of aromatic nitrogens is 1. The molecule has 6 nitrogen and oxygen atoms in total. The Labute approximate surface area is 127 Å². The summed E-state index contributed by atoms with van der Waals surface area (Å²) >= 11 is 0. The number of nitro groups is 1. The third-order valence-electron chi connectivity index (χ3n) is 3.06. The highest BCUT2D eigenvalue weighted by molar-refractivity contribution is 6.02. The number of nitrogens with zero attached hydrogens (tertiary/aromatic N) is 2. The molecule has 1 N–H and O–H groups in total. The number of carbonyl (C=O) groups is 1. The quantitative estimate of drug-likeness (QED) is 0.521. The first-order chi connectivity index (χ1) is 10.6. The number of rotatable bonds is 5. The van der Waals surface area contributed by atoms with Crippen LogP contribution < -0.4 is 5.32 Å². The molecule has 1 heterocycles. The van der Waals surface area contributed by atoms with Crippen molar-refractivity contribution in [1.29, 1.82) is 0 Å². The fourth-order valence-corrected chi connectivity index (χ4v) is 1.94. The second-order valence-electron chi connectivity index (χ2n) is 4.56. The van der Waals surface area contributed by atoms with Crippen LogP contribution in [0.15, 0.2) is 48.8 Å². The molecule has 22 heavy (non-hydrogen) atoms. The van der Waals surface area contributed by atoms with Gasteiger partial charge in [-0.2, -0.15) is 0 Å². The maximum atomic E-state index is 11.8. The lowest BCUT2D eigenvalue weighted by Crippen LogP contribution is -2.08. The smallest absolute Gasteiger partial charge is 0.274 e. The third kappa shape index (κ3) is 3.99. The van der Waals surface area contributed by atoms with Gasteiger partial charge in [0.25, 0.3) is 5.69 Å². The van der Waals surface area contributed by atoms with Crippen LogP contribution in [-0.2, 0) is 11.2 Å². The van der Waals surface area contributed by atoms with Gasteiger partial charge in [0.1, 0.15) is 0 Å². The molecule has 1 aromatic heterocycles. The van der Waals surface area contributed by atoms with Crippen LogP contribution in [0, 0.1) is 10.1 Å². The van der Waals surface area contributed by atoms with Crippen LogP contribution in [0.25, 0.3) is 6.08 Å². The van der Waals surface area contributed by atoms with Crippen molar-refractivity contribution in [3.63, 3.8) is 0 Å². The van der Waals surface area contributed by atoms with E-state index in [0.29, 0.717) is 17.7 Å². The Morgan fingerprint density at radius 1 is 1.32 bits per heavy atom. The number of benzene rings is 1. The van der Waals surface area contributed by atoms with E-state index in [1.165, 1.54) is 12.1 Å².